The number of ether oxygens (including phenoxy) is 2. The molecule has 0 radical (unpaired) electrons. The van der Waals surface area contributed by atoms with Crippen molar-refractivity contribution in [3.8, 4) is 5.75 Å². The van der Waals surface area contributed by atoms with Gasteiger partial charge in [0.1, 0.15) is 42.2 Å². The number of carbonyl (C=O) groups is 5. The van der Waals surface area contributed by atoms with Gasteiger partial charge in [0.15, 0.2) is 0 Å². The van der Waals surface area contributed by atoms with Crippen LogP contribution in [-0.2, 0) is 41.6 Å². The number of carboxylic acid groups (broad SMARTS) is 1. The maximum Gasteiger partial charge on any atom is 0.326 e. The molecule has 0 unspecified atom stereocenters. The van der Waals surface area contributed by atoms with Crippen molar-refractivity contribution >= 4 is 29.6 Å². The van der Waals surface area contributed by atoms with E-state index < -0.39 is 98.1 Å². The predicted octanol–water partition coefficient (Wildman–Crippen LogP) is -2.69. The quantitative estimate of drug-likeness (QED) is 0.0753. The highest BCUT2D eigenvalue weighted by Crippen LogP contribution is 2.24. The van der Waals surface area contributed by atoms with Crippen molar-refractivity contribution in [3.63, 3.8) is 0 Å². The van der Waals surface area contributed by atoms with Crippen LogP contribution in [0.2, 0.25) is 0 Å². The van der Waals surface area contributed by atoms with Gasteiger partial charge in [-0.05, 0) is 42.0 Å². The summed E-state index contributed by atoms with van der Waals surface area (Å²) in [5.41, 5.74) is 7.34. The number of rotatable bonds is 18. The minimum Gasteiger partial charge on any atom is -0.480 e. The van der Waals surface area contributed by atoms with Crippen molar-refractivity contribution in [1.82, 2.24) is 21.3 Å². The zero-order chi connectivity index (χ0) is 37.7. The summed E-state index contributed by atoms with van der Waals surface area (Å²) in [5.74, 6) is -3.74. The summed E-state index contributed by atoms with van der Waals surface area (Å²) in [6.07, 6.45) is -6.86. The second-order valence-electron chi connectivity index (χ2n) is 12.6. The summed E-state index contributed by atoms with van der Waals surface area (Å²) in [5, 5.41) is 58.6. The third-order valence-corrected chi connectivity index (χ3v) is 7.94. The van der Waals surface area contributed by atoms with Crippen molar-refractivity contribution in [2.24, 2.45) is 11.7 Å². The van der Waals surface area contributed by atoms with Gasteiger partial charge in [-0.1, -0.05) is 56.3 Å². The third-order valence-electron chi connectivity index (χ3n) is 7.94. The molecule has 4 amide bonds. The Morgan fingerprint density at radius 1 is 0.784 bits per heavy atom. The van der Waals surface area contributed by atoms with Crippen LogP contribution in [0.4, 0.5) is 0 Å². The monoisotopic (exact) mass is 717 g/mol. The summed E-state index contributed by atoms with van der Waals surface area (Å²) < 4.78 is 10.9. The first-order valence-corrected chi connectivity index (χ1v) is 16.4. The Balaban J connectivity index is 1.46. The van der Waals surface area contributed by atoms with E-state index in [1.54, 1.807) is 42.5 Å². The number of aliphatic hydroxyl groups is 4. The molecule has 11 N–H and O–H groups in total. The van der Waals surface area contributed by atoms with E-state index in [2.05, 4.69) is 21.3 Å². The first-order valence-electron chi connectivity index (χ1n) is 16.4. The lowest BCUT2D eigenvalue weighted by Crippen LogP contribution is -2.60. The number of amides is 4. The molecule has 280 valence electrons. The predicted molar refractivity (Wildman–Crippen MR) is 180 cm³/mol. The van der Waals surface area contributed by atoms with Gasteiger partial charge in [-0.25, -0.2) is 4.79 Å². The van der Waals surface area contributed by atoms with E-state index >= 15 is 0 Å². The summed E-state index contributed by atoms with van der Waals surface area (Å²) in [7, 11) is 0. The van der Waals surface area contributed by atoms with Crippen molar-refractivity contribution in [2.45, 2.75) is 81.9 Å². The number of carbonyl (C=O) groups excluding carboxylic acids is 4. The molecule has 3 rings (SSSR count). The molecule has 2 aromatic carbocycles. The number of aliphatic carboxylic acids is 1. The van der Waals surface area contributed by atoms with Crippen LogP contribution in [0.5, 0.6) is 5.75 Å². The Hall–Kier alpha value is -4.65. The molecule has 0 aliphatic carbocycles. The molecule has 8 atom stereocenters. The Morgan fingerprint density at radius 2 is 1.41 bits per heavy atom. The first kappa shape index (κ1) is 40.8. The fourth-order valence-electron chi connectivity index (χ4n) is 5.16. The van der Waals surface area contributed by atoms with Crippen molar-refractivity contribution < 1.29 is 59.0 Å². The topological polar surface area (TPSA) is 279 Å². The van der Waals surface area contributed by atoms with Gasteiger partial charge in [-0.3, -0.25) is 19.2 Å². The van der Waals surface area contributed by atoms with Gasteiger partial charge < -0.3 is 62.0 Å². The minimum absolute atomic E-state index is 0.0127. The Labute approximate surface area is 294 Å². The second-order valence-corrected chi connectivity index (χ2v) is 12.6. The number of carboxylic acids is 1. The molecule has 51 heavy (non-hydrogen) atoms. The molecule has 1 heterocycles. The van der Waals surface area contributed by atoms with Crippen LogP contribution in [-0.4, -0.2) is 124 Å². The Bertz CT molecular complexity index is 1460. The summed E-state index contributed by atoms with van der Waals surface area (Å²) >= 11 is 0. The summed E-state index contributed by atoms with van der Waals surface area (Å²) in [6, 6.07) is 11.7. The van der Waals surface area contributed by atoms with Gasteiger partial charge in [-0.15, -0.1) is 0 Å². The van der Waals surface area contributed by atoms with E-state index in [0.29, 0.717) is 11.1 Å². The molecular formula is C34H47N5O12. The molecule has 1 aliphatic rings. The second kappa shape index (κ2) is 19.7. The van der Waals surface area contributed by atoms with Crippen LogP contribution < -0.4 is 31.7 Å². The van der Waals surface area contributed by atoms with Crippen molar-refractivity contribution in [3.05, 3.63) is 65.7 Å². The van der Waals surface area contributed by atoms with E-state index in [1.807, 2.05) is 13.8 Å². The molecule has 1 fully saturated rings. The van der Waals surface area contributed by atoms with E-state index in [1.165, 1.54) is 12.1 Å². The summed E-state index contributed by atoms with van der Waals surface area (Å²) in [6.45, 7) is 2.02. The highest BCUT2D eigenvalue weighted by atomic mass is 16.7. The lowest BCUT2D eigenvalue weighted by atomic mass is 9.99. The third kappa shape index (κ3) is 12.9. The molecule has 17 heteroatoms. The first-order chi connectivity index (χ1) is 24.2. The van der Waals surface area contributed by atoms with E-state index in [4.69, 9.17) is 15.2 Å². The fourth-order valence-corrected chi connectivity index (χ4v) is 5.16. The highest BCUT2D eigenvalue weighted by Gasteiger charge is 2.44. The van der Waals surface area contributed by atoms with Crippen molar-refractivity contribution in [2.75, 3.05) is 19.7 Å². The van der Waals surface area contributed by atoms with Gasteiger partial charge in [0.25, 0.3) is 0 Å². The normalized spacial score (nSPS) is 21.8. The molecule has 1 aliphatic heterocycles. The molecule has 2 aromatic rings. The van der Waals surface area contributed by atoms with E-state index in [-0.39, 0.29) is 30.9 Å². The van der Waals surface area contributed by atoms with Gasteiger partial charge >= 0.3 is 5.97 Å². The van der Waals surface area contributed by atoms with Gasteiger partial charge in [0.2, 0.25) is 29.9 Å². The van der Waals surface area contributed by atoms with E-state index in [9.17, 15) is 49.5 Å². The van der Waals surface area contributed by atoms with Crippen LogP contribution in [0, 0.1) is 5.92 Å². The molecule has 0 spiro atoms. The molecule has 0 saturated carbocycles. The zero-order valence-corrected chi connectivity index (χ0v) is 28.3. The Morgan fingerprint density at radius 3 is 2.02 bits per heavy atom. The standard InChI is InChI=1S/C34H47N5O12/c1-18(2)12-24(33(48)49)39-32(47)23(14-19-6-4-3-5-7-19)38-27(42)16-36-26(41)15-37-31(46)22(35)13-20-8-10-21(11-9-20)50-34-30(45)29(44)28(43)25(17-40)51-34/h3-11,18,22-25,28-30,34,40,43-45H,12-17,35H2,1-2H3,(H,36,41)(H,37,46)(H,38,42)(H,39,47)(H,48,49)/t22-,23-,24-,25+,28+,29-,30+,34+/m0/s1. The highest BCUT2D eigenvalue weighted by molar-refractivity contribution is 5.93. The lowest BCUT2D eigenvalue weighted by Gasteiger charge is -2.39. The SMILES string of the molecule is CC(C)C[C@H](NC(=O)[C@H](Cc1ccccc1)NC(=O)CNC(=O)CNC(=O)[C@@H](N)Cc1ccc(O[C@@H]2O[C@H](CO)[C@@H](O)[C@H](O)[C@H]2O)cc1)C(=O)O. The zero-order valence-electron chi connectivity index (χ0n) is 28.3. The number of nitrogens with two attached hydrogens (primary N) is 1. The maximum atomic E-state index is 13.1. The average Bonchev–Trinajstić information content (AvgIpc) is 3.10. The molecular weight excluding hydrogens is 670 g/mol. The number of benzene rings is 2. The largest absolute Gasteiger partial charge is 0.480 e. The maximum absolute atomic E-state index is 13.1. The smallest absolute Gasteiger partial charge is 0.326 e. The van der Waals surface area contributed by atoms with Crippen molar-refractivity contribution in [1.29, 1.82) is 0 Å². The Kier molecular flexibility index (Phi) is 15.7. The van der Waals surface area contributed by atoms with Gasteiger partial charge in [0.05, 0.1) is 25.7 Å². The fraction of sp³-hybridized carbons (Fsp3) is 0.500. The van der Waals surface area contributed by atoms with Crippen LogP contribution in [0.25, 0.3) is 0 Å². The average molecular weight is 718 g/mol. The number of aliphatic hydroxyl groups excluding tert-OH is 4. The molecule has 0 bridgehead atoms. The van der Waals surface area contributed by atoms with Crippen LogP contribution in [0.15, 0.2) is 54.6 Å². The van der Waals surface area contributed by atoms with Crippen LogP contribution >= 0.6 is 0 Å². The molecule has 1 saturated heterocycles. The van der Waals surface area contributed by atoms with Crippen LogP contribution in [0.3, 0.4) is 0 Å². The van der Waals surface area contributed by atoms with Crippen LogP contribution in [0.1, 0.15) is 31.4 Å². The minimum atomic E-state index is -1.60. The van der Waals surface area contributed by atoms with E-state index in [0.717, 1.165) is 0 Å². The summed E-state index contributed by atoms with van der Waals surface area (Å²) in [4.78, 5) is 62.4. The lowest BCUT2D eigenvalue weighted by molar-refractivity contribution is -0.277. The number of hydrogen-bond donors (Lipinski definition) is 10. The number of nitrogens with one attached hydrogen (secondary N) is 4. The van der Waals surface area contributed by atoms with Gasteiger partial charge in [0, 0.05) is 6.42 Å². The molecule has 17 nitrogen and oxygen atoms in total. The number of hydrogen-bond acceptors (Lipinski definition) is 12. The molecule has 0 aromatic heterocycles. The van der Waals surface area contributed by atoms with Gasteiger partial charge in [-0.2, -0.15) is 0 Å².